The molecule has 1 atom stereocenters. The average Bonchev–Trinajstić information content (AvgIpc) is 2.80. The van der Waals surface area contributed by atoms with Gasteiger partial charge in [0.2, 0.25) is 0 Å². The van der Waals surface area contributed by atoms with Gasteiger partial charge in [-0.3, -0.25) is 0 Å². The van der Waals surface area contributed by atoms with E-state index in [1.165, 1.54) is 25.7 Å². The van der Waals surface area contributed by atoms with Gasteiger partial charge in [-0.1, -0.05) is 17.2 Å². The lowest BCUT2D eigenvalue weighted by Crippen LogP contribution is -2.26. The van der Waals surface area contributed by atoms with Crippen LogP contribution in [0.1, 0.15) is 52.0 Å². The van der Waals surface area contributed by atoms with Gasteiger partial charge >= 0.3 is 0 Å². The Balaban J connectivity index is 2.29. The summed E-state index contributed by atoms with van der Waals surface area (Å²) in [5, 5.41) is 0. The third-order valence-electron chi connectivity index (χ3n) is 4.00. The summed E-state index contributed by atoms with van der Waals surface area (Å²) >= 11 is -1.24. The van der Waals surface area contributed by atoms with E-state index in [0.29, 0.717) is 0 Å². The van der Waals surface area contributed by atoms with Gasteiger partial charge in [-0.05, 0) is 45.7 Å². The molecule has 0 amide bonds. The van der Waals surface area contributed by atoms with Crippen LogP contribution < -0.4 is 9.64 Å². The van der Waals surface area contributed by atoms with Gasteiger partial charge in [-0.2, -0.15) is 0 Å². The van der Waals surface area contributed by atoms with E-state index in [1.54, 1.807) is 13.3 Å². The molecule has 1 aromatic rings. The van der Waals surface area contributed by atoms with Crippen LogP contribution in [0.2, 0.25) is 0 Å². The fourth-order valence-electron chi connectivity index (χ4n) is 2.61. The van der Waals surface area contributed by atoms with Gasteiger partial charge in [0, 0.05) is 30.4 Å². The lowest BCUT2D eigenvalue weighted by molar-refractivity contribution is 0.414. The average molecular weight is 337 g/mol. The second-order valence-electron chi connectivity index (χ2n) is 6.92. The van der Waals surface area contributed by atoms with Crippen molar-refractivity contribution in [1.29, 1.82) is 0 Å². The van der Waals surface area contributed by atoms with Crippen molar-refractivity contribution in [1.82, 2.24) is 0 Å². The number of hydrogen-bond donors (Lipinski definition) is 0. The summed E-state index contributed by atoms with van der Waals surface area (Å²) in [6.07, 6.45) is 6.75. The molecule has 0 N–H and O–H groups in total. The standard InChI is InChI=1S/C18H28N2O2S/c1-18(2,3)23(21)19-14-15-9-10-16(22-4)13-17(15)20-11-7-5-6-8-12-20/h9-10,13-14H,5-8,11-12H2,1-4H3. The summed E-state index contributed by atoms with van der Waals surface area (Å²) in [4.78, 5) is 2.40. The molecule has 1 aromatic carbocycles. The fraction of sp³-hybridized carbons (Fsp3) is 0.611. The third-order valence-corrected chi connectivity index (χ3v) is 5.34. The number of nitrogens with zero attached hydrogens (tertiary/aromatic N) is 2. The van der Waals surface area contributed by atoms with E-state index >= 15 is 0 Å². The normalized spacial score (nSPS) is 18.0. The summed E-state index contributed by atoms with van der Waals surface area (Å²) in [6, 6.07) is 6.00. The molecule has 0 radical (unpaired) electrons. The van der Waals surface area contributed by atoms with Gasteiger partial charge < -0.3 is 14.2 Å². The van der Waals surface area contributed by atoms with Crippen molar-refractivity contribution in [3.05, 3.63) is 23.8 Å². The van der Waals surface area contributed by atoms with Crippen LogP contribution in [0, 0.1) is 0 Å². The first-order valence-corrected chi connectivity index (χ1v) is 9.41. The Kier molecular flexibility index (Phi) is 6.36. The highest BCUT2D eigenvalue weighted by molar-refractivity contribution is 7.91. The van der Waals surface area contributed by atoms with Crippen LogP contribution in [0.5, 0.6) is 5.75 Å². The van der Waals surface area contributed by atoms with Crippen molar-refractivity contribution in [2.24, 2.45) is 4.40 Å². The minimum Gasteiger partial charge on any atom is -0.591 e. The molecule has 1 saturated heterocycles. The Labute approximate surface area is 143 Å². The zero-order valence-electron chi connectivity index (χ0n) is 14.7. The monoisotopic (exact) mass is 336 g/mol. The molecule has 1 heterocycles. The predicted octanol–water partition coefficient (Wildman–Crippen LogP) is 3.96. The topological polar surface area (TPSA) is 47.9 Å². The van der Waals surface area contributed by atoms with E-state index in [1.807, 2.05) is 32.9 Å². The van der Waals surface area contributed by atoms with Crippen LogP contribution in [0.3, 0.4) is 0 Å². The fourth-order valence-corrected chi connectivity index (χ4v) is 3.13. The SMILES string of the molecule is COc1ccc(C=N[S+]([O-])C(C)(C)C)c(N2CCCCCC2)c1. The van der Waals surface area contributed by atoms with Crippen molar-refractivity contribution >= 4 is 23.3 Å². The maximum Gasteiger partial charge on any atom is 0.144 e. The van der Waals surface area contributed by atoms with Crippen molar-refractivity contribution in [2.75, 3.05) is 25.1 Å². The molecule has 2 rings (SSSR count). The van der Waals surface area contributed by atoms with Crippen molar-refractivity contribution in [3.8, 4) is 5.75 Å². The van der Waals surface area contributed by atoms with Crippen LogP contribution in [-0.4, -0.2) is 35.7 Å². The molecule has 23 heavy (non-hydrogen) atoms. The Morgan fingerprint density at radius 2 is 1.83 bits per heavy atom. The molecule has 1 fully saturated rings. The molecule has 128 valence electrons. The second kappa shape index (κ2) is 8.06. The lowest BCUT2D eigenvalue weighted by atomic mass is 10.1. The van der Waals surface area contributed by atoms with E-state index in [0.717, 1.165) is 30.1 Å². The molecule has 1 aliphatic heterocycles. The van der Waals surface area contributed by atoms with Crippen molar-refractivity contribution in [2.45, 2.75) is 51.2 Å². The number of benzene rings is 1. The van der Waals surface area contributed by atoms with E-state index in [2.05, 4.69) is 15.4 Å². The molecule has 1 aliphatic rings. The molecule has 0 aromatic heterocycles. The van der Waals surface area contributed by atoms with Crippen molar-refractivity contribution < 1.29 is 9.29 Å². The van der Waals surface area contributed by atoms with Gasteiger partial charge in [0.1, 0.15) is 21.9 Å². The molecule has 0 saturated carbocycles. The van der Waals surface area contributed by atoms with Crippen LogP contribution in [-0.2, 0) is 11.4 Å². The van der Waals surface area contributed by atoms with E-state index in [4.69, 9.17) is 4.74 Å². The van der Waals surface area contributed by atoms with Crippen LogP contribution in [0.4, 0.5) is 5.69 Å². The van der Waals surface area contributed by atoms with Crippen molar-refractivity contribution in [3.63, 3.8) is 0 Å². The van der Waals surface area contributed by atoms with E-state index < -0.39 is 11.4 Å². The highest BCUT2D eigenvalue weighted by Gasteiger charge is 2.26. The van der Waals surface area contributed by atoms with Crippen LogP contribution in [0.25, 0.3) is 0 Å². The van der Waals surface area contributed by atoms with Gasteiger partial charge in [0.15, 0.2) is 0 Å². The van der Waals surface area contributed by atoms with Gasteiger partial charge in [0.25, 0.3) is 0 Å². The maximum atomic E-state index is 12.2. The first-order chi connectivity index (χ1) is 10.9. The smallest absolute Gasteiger partial charge is 0.144 e. The Morgan fingerprint density at radius 3 is 2.39 bits per heavy atom. The Hall–Kier alpha value is -1.20. The second-order valence-corrected chi connectivity index (χ2v) is 8.86. The molecule has 5 heteroatoms. The summed E-state index contributed by atoms with van der Waals surface area (Å²) in [6.45, 7) is 7.91. The van der Waals surface area contributed by atoms with Gasteiger partial charge in [-0.15, -0.1) is 0 Å². The molecule has 0 aliphatic carbocycles. The van der Waals surface area contributed by atoms with Crippen LogP contribution in [0.15, 0.2) is 22.6 Å². The first-order valence-electron chi connectivity index (χ1n) is 8.31. The highest BCUT2D eigenvalue weighted by atomic mass is 32.2. The summed E-state index contributed by atoms with van der Waals surface area (Å²) in [7, 11) is 1.68. The first kappa shape index (κ1) is 18.1. The molecule has 1 unspecified atom stereocenters. The zero-order valence-corrected chi connectivity index (χ0v) is 15.5. The number of rotatable bonds is 4. The highest BCUT2D eigenvalue weighted by Crippen LogP contribution is 2.28. The molecular formula is C18H28N2O2S. The Bertz CT molecular complexity index is 532. The molecular weight excluding hydrogens is 308 g/mol. The number of ether oxygens (including phenoxy) is 1. The molecule has 0 spiro atoms. The lowest BCUT2D eigenvalue weighted by Gasteiger charge is -2.25. The maximum absolute atomic E-state index is 12.2. The minimum atomic E-state index is -1.24. The number of anilines is 1. The van der Waals surface area contributed by atoms with Gasteiger partial charge in [-0.25, -0.2) is 0 Å². The van der Waals surface area contributed by atoms with Crippen LogP contribution >= 0.6 is 0 Å². The van der Waals surface area contributed by atoms with E-state index in [-0.39, 0.29) is 4.75 Å². The number of hydrogen-bond acceptors (Lipinski definition) is 4. The Morgan fingerprint density at radius 1 is 1.17 bits per heavy atom. The largest absolute Gasteiger partial charge is 0.591 e. The van der Waals surface area contributed by atoms with Gasteiger partial charge in [0.05, 0.1) is 13.3 Å². The number of methoxy groups -OCH3 is 1. The summed E-state index contributed by atoms with van der Waals surface area (Å²) < 4.78 is 21.5. The molecule has 0 bridgehead atoms. The minimum absolute atomic E-state index is 0.342. The predicted molar refractivity (Wildman–Crippen MR) is 99.2 cm³/mol. The summed E-state index contributed by atoms with van der Waals surface area (Å²) in [5.74, 6) is 0.846. The third kappa shape index (κ3) is 5.15. The van der Waals surface area contributed by atoms with E-state index in [9.17, 15) is 4.55 Å². The quantitative estimate of drug-likeness (QED) is 0.618. The zero-order chi connectivity index (χ0) is 16.9. The molecule has 4 nitrogen and oxygen atoms in total. The summed E-state index contributed by atoms with van der Waals surface area (Å²) in [5.41, 5.74) is 2.13.